The van der Waals surface area contributed by atoms with Crippen LogP contribution in [0, 0.1) is 17.5 Å². The molecule has 8 heteroatoms. The van der Waals surface area contributed by atoms with Gasteiger partial charge in [-0.1, -0.05) is 19.8 Å². The van der Waals surface area contributed by atoms with E-state index in [1.807, 2.05) is 0 Å². The van der Waals surface area contributed by atoms with Crippen molar-refractivity contribution in [2.24, 2.45) is 0 Å². The molecule has 0 aliphatic carbocycles. The van der Waals surface area contributed by atoms with Crippen LogP contribution in [-0.2, 0) is 0 Å². The minimum Gasteiger partial charge on any atom is -0.351 e. The van der Waals surface area contributed by atoms with Crippen LogP contribution in [0.15, 0.2) is 24.4 Å². The second kappa shape index (κ2) is 8.28. The van der Waals surface area contributed by atoms with Crippen molar-refractivity contribution >= 4 is 17.5 Å². The zero-order valence-corrected chi connectivity index (χ0v) is 13.1. The van der Waals surface area contributed by atoms with Crippen LogP contribution in [0.2, 0.25) is 0 Å². The van der Waals surface area contributed by atoms with Gasteiger partial charge >= 0.3 is 0 Å². The number of aromatic nitrogens is 2. The van der Waals surface area contributed by atoms with Crippen LogP contribution in [0.1, 0.15) is 36.7 Å². The minimum atomic E-state index is -1.59. The molecule has 0 fully saturated rings. The van der Waals surface area contributed by atoms with E-state index in [1.54, 1.807) is 0 Å². The molecule has 0 spiro atoms. The third-order valence-corrected chi connectivity index (χ3v) is 3.24. The summed E-state index contributed by atoms with van der Waals surface area (Å²) in [5, 5.41) is 5.14. The Labute approximate surface area is 137 Å². The average Bonchev–Trinajstić information content (AvgIpc) is 2.59. The van der Waals surface area contributed by atoms with Crippen molar-refractivity contribution in [3.63, 3.8) is 0 Å². The van der Waals surface area contributed by atoms with Gasteiger partial charge in [-0.15, -0.1) is 0 Å². The lowest BCUT2D eigenvalue weighted by Crippen LogP contribution is -2.25. The van der Waals surface area contributed by atoms with Crippen LogP contribution in [-0.4, -0.2) is 22.4 Å². The summed E-state index contributed by atoms with van der Waals surface area (Å²) in [4.78, 5) is 19.7. The summed E-state index contributed by atoms with van der Waals surface area (Å²) in [7, 11) is 0. The number of nitrogens with zero attached hydrogens (tertiary/aromatic N) is 2. The smallest absolute Gasteiger partial charge is 0.270 e. The fourth-order valence-corrected chi connectivity index (χ4v) is 1.96. The molecule has 0 unspecified atom stereocenters. The minimum absolute atomic E-state index is 0.0898. The van der Waals surface area contributed by atoms with Crippen molar-refractivity contribution in [3.8, 4) is 0 Å². The quantitative estimate of drug-likeness (QED) is 0.598. The van der Waals surface area contributed by atoms with Crippen molar-refractivity contribution in [1.82, 2.24) is 15.3 Å². The summed E-state index contributed by atoms with van der Waals surface area (Å²) in [6, 6.07) is 3.21. The van der Waals surface area contributed by atoms with Gasteiger partial charge in [0.15, 0.2) is 17.5 Å². The van der Waals surface area contributed by atoms with E-state index in [9.17, 15) is 18.0 Å². The number of amides is 1. The summed E-state index contributed by atoms with van der Waals surface area (Å²) in [6.07, 6.45) is 4.22. The van der Waals surface area contributed by atoms with Crippen molar-refractivity contribution in [3.05, 3.63) is 47.5 Å². The Hall–Kier alpha value is -2.64. The number of hydrogen-bond donors (Lipinski definition) is 2. The molecule has 2 aromatic rings. The van der Waals surface area contributed by atoms with Gasteiger partial charge in [0.1, 0.15) is 5.69 Å². The first-order valence-corrected chi connectivity index (χ1v) is 7.54. The van der Waals surface area contributed by atoms with Gasteiger partial charge in [0.25, 0.3) is 5.91 Å². The van der Waals surface area contributed by atoms with E-state index in [1.165, 1.54) is 12.3 Å². The molecule has 1 heterocycles. The standard InChI is InChI=1S/C16H17F3N4O/c1-2-3-4-8-20-15(24)12-7-9-21-16(23-12)22-11-6-5-10(17)13(18)14(11)19/h5-7,9H,2-4,8H2,1H3,(H,20,24)(H,21,22,23). The lowest BCUT2D eigenvalue weighted by atomic mass is 10.2. The molecular formula is C16H17F3N4O. The molecule has 0 saturated heterocycles. The highest BCUT2D eigenvalue weighted by molar-refractivity contribution is 5.92. The molecule has 0 bridgehead atoms. The number of carbonyl (C=O) groups excluding carboxylic acids is 1. The molecule has 5 nitrogen and oxygen atoms in total. The van der Waals surface area contributed by atoms with Gasteiger partial charge in [0.2, 0.25) is 5.95 Å². The highest BCUT2D eigenvalue weighted by Crippen LogP contribution is 2.21. The zero-order valence-electron chi connectivity index (χ0n) is 13.1. The Morgan fingerprint density at radius 3 is 2.67 bits per heavy atom. The Bertz CT molecular complexity index is 724. The molecule has 2 rings (SSSR count). The number of carbonyl (C=O) groups is 1. The first kappa shape index (κ1) is 17.7. The lowest BCUT2D eigenvalue weighted by molar-refractivity contribution is 0.0948. The first-order chi connectivity index (χ1) is 11.5. The van der Waals surface area contributed by atoms with Gasteiger partial charge < -0.3 is 10.6 Å². The predicted octanol–water partition coefficient (Wildman–Crippen LogP) is 3.56. The van der Waals surface area contributed by atoms with Crippen LogP contribution < -0.4 is 10.6 Å². The number of unbranched alkanes of at least 4 members (excludes halogenated alkanes) is 2. The molecule has 0 aliphatic heterocycles. The summed E-state index contributed by atoms with van der Waals surface area (Å²) in [5.41, 5.74) is -0.235. The molecule has 1 amide bonds. The zero-order chi connectivity index (χ0) is 17.5. The van der Waals surface area contributed by atoms with Crippen molar-refractivity contribution in [2.45, 2.75) is 26.2 Å². The van der Waals surface area contributed by atoms with Crippen LogP contribution >= 0.6 is 0 Å². The maximum atomic E-state index is 13.6. The van der Waals surface area contributed by atoms with E-state index in [0.29, 0.717) is 6.54 Å². The van der Waals surface area contributed by atoms with Crippen molar-refractivity contribution < 1.29 is 18.0 Å². The van der Waals surface area contributed by atoms with Crippen LogP contribution in [0.3, 0.4) is 0 Å². The Morgan fingerprint density at radius 2 is 1.92 bits per heavy atom. The van der Waals surface area contributed by atoms with Gasteiger partial charge in [0, 0.05) is 12.7 Å². The van der Waals surface area contributed by atoms with E-state index in [2.05, 4.69) is 27.5 Å². The molecule has 24 heavy (non-hydrogen) atoms. The monoisotopic (exact) mass is 338 g/mol. The second-order valence-electron chi connectivity index (χ2n) is 5.08. The SMILES string of the molecule is CCCCCNC(=O)c1ccnc(Nc2ccc(F)c(F)c2F)n1. The van der Waals surface area contributed by atoms with E-state index >= 15 is 0 Å². The predicted molar refractivity (Wildman–Crippen MR) is 83.5 cm³/mol. The van der Waals surface area contributed by atoms with E-state index in [4.69, 9.17) is 0 Å². The third-order valence-electron chi connectivity index (χ3n) is 3.24. The van der Waals surface area contributed by atoms with Crippen LogP contribution in [0.5, 0.6) is 0 Å². The molecule has 2 N–H and O–H groups in total. The van der Waals surface area contributed by atoms with E-state index in [-0.39, 0.29) is 23.2 Å². The van der Waals surface area contributed by atoms with Gasteiger partial charge in [-0.3, -0.25) is 4.79 Å². The summed E-state index contributed by atoms with van der Waals surface area (Å²) in [5.74, 6) is -4.75. The van der Waals surface area contributed by atoms with E-state index < -0.39 is 17.5 Å². The Kier molecular flexibility index (Phi) is 6.11. The summed E-state index contributed by atoms with van der Waals surface area (Å²) in [6.45, 7) is 2.58. The molecular weight excluding hydrogens is 321 g/mol. The topological polar surface area (TPSA) is 66.9 Å². The number of rotatable bonds is 7. The average molecular weight is 338 g/mol. The highest BCUT2D eigenvalue weighted by atomic mass is 19.2. The second-order valence-corrected chi connectivity index (χ2v) is 5.08. The maximum Gasteiger partial charge on any atom is 0.270 e. The van der Waals surface area contributed by atoms with Crippen molar-refractivity contribution in [2.75, 3.05) is 11.9 Å². The molecule has 0 saturated carbocycles. The summed E-state index contributed by atoms with van der Waals surface area (Å²) >= 11 is 0. The third kappa shape index (κ3) is 4.43. The molecule has 0 aliphatic rings. The Morgan fingerprint density at radius 1 is 1.12 bits per heavy atom. The number of nitrogens with one attached hydrogen (secondary N) is 2. The van der Waals surface area contributed by atoms with Crippen molar-refractivity contribution in [1.29, 1.82) is 0 Å². The number of hydrogen-bond acceptors (Lipinski definition) is 4. The lowest BCUT2D eigenvalue weighted by Gasteiger charge is -2.08. The van der Waals surface area contributed by atoms with E-state index in [0.717, 1.165) is 31.4 Å². The number of benzene rings is 1. The molecule has 0 radical (unpaired) electrons. The molecule has 1 aromatic carbocycles. The van der Waals surface area contributed by atoms with Gasteiger partial charge in [-0.2, -0.15) is 0 Å². The Balaban J connectivity index is 2.08. The fraction of sp³-hybridized carbons (Fsp3) is 0.312. The first-order valence-electron chi connectivity index (χ1n) is 7.54. The fourth-order valence-electron chi connectivity index (χ4n) is 1.96. The van der Waals surface area contributed by atoms with Crippen LogP contribution in [0.25, 0.3) is 0 Å². The van der Waals surface area contributed by atoms with Gasteiger partial charge in [0.05, 0.1) is 5.69 Å². The van der Waals surface area contributed by atoms with Crippen LogP contribution in [0.4, 0.5) is 24.8 Å². The van der Waals surface area contributed by atoms with Gasteiger partial charge in [-0.05, 0) is 24.6 Å². The van der Waals surface area contributed by atoms with Gasteiger partial charge in [-0.25, -0.2) is 23.1 Å². The maximum absolute atomic E-state index is 13.6. The largest absolute Gasteiger partial charge is 0.351 e. The molecule has 1 aromatic heterocycles. The normalized spacial score (nSPS) is 10.5. The molecule has 128 valence electrons. The highest BCUT2D eigenvalue weighted by Gasteiger charge is 2.15. The molecule has 0 atom stereocenters. The summed E-state index contributed by atoms with van der Waals surface area (Å²) < 4.78 is 39.8. The number of anilines is 2. The number of halogens is 3.